The summed E-state index contributed by atoms with van der Waals surface area (Å²) in [7, 11) is 0. The van der Waals surface area contributed by atoms with E-state index < -0.39 is 11.8 Å². The summed E-state index contributed by atoms with van der Waals surface area (Å²) in [5.74, 6) is -1.69. The number of benzene rings is 1. The number of carbonyl (C=O) groups is 1. The van der Waals surface area contributed by atoms with Crippen LogP contribution in [-0.4, -0.2) is 11.1 Å². The van der Waals surface area contributed by atoms with E-state index >= 15 is 0 Å². The molecule has 1 aromatic rings. The molecule has 0 bridgehead atoms. The third-order valence-electron chi connectivity index (χ3n) is 2.45. The Balaban J connectivity index is 2.25. The molecule has 84 valence electrons. The summed E-state index contributed by atoms with van der Waals surface area (Å²) >= 11 is 0. The average Bonchev–Trinajstić information content (AvgIpc) is 2.66. The highest BCUT2D eigenvalue weighted by molar-refractivity contribution is 5.70. The predicted octanol–water partition coefficient (Wildman–Crippen LogP) is 2.00. The first-order valence-electron chi connectivity index (χ1n) is 4.92. The van der Waals surface area contributed by atoms with Gasteiger partial charge in [-0.05, 0) is 11.6 Å². The largest absolute Gasteiger partial charge is 0.481 e. The van der Waals surface area contributed by atoms with Crippen LogP contribution in [0, 0.1) is 0 Å². The van der Waals surface area contributed by atoms with E-state index in [1.54, 1.807) is 25.1 Å². The van der Waals surface area contributed by atoms with Gasteiger partial charge in [-0.15, -0.1) is 0 Å². The van der Waals surface area contributed by atoms with E-state index in [9.17, 15) is 4.79 Å². The fraction of sp³-hybridized carbons (Fsp3) is 0.250. The molecule has 0 atom stereocenters. The monoisotopic (exact) mass is 220 g/mol. The Morgan fingerprint density at radius 1 is 1.38 bits per heavy atom. The second-order valence-electron chi connectivity index (χ2n) is 3.72. The number of hydrogen-bond acceptors (Lipinski definition) is 3. The lowest BCUT2D eigenvalue weighted by Crippen LogP contribution is -2.22. The standard InChI is InChI=1S/C12H12O4/c1-12(15-5-6-16-12)10-4-2-3-9(7-10)8-11(13)14/h2-7H,8H2,1H3,(H,13,14). The summed E-state index contributed by atoms with van der Waals surface area (Å²) in [4.78, 5) is 10.6. The van der Waals surface area contributed by atoms with E-state index in [4.69, 9.17) is 14.6 Å². The molecule has 0 fully saturated rings. The van der Waals surface area contributed by atoms with Crippen molar-refractivity contribution < 1.29 is 19.4 Å². The van der Waals surface area contributed by atoms with Crippen molar-refractivity contribution >= 4 is 5.97 Å². The van der Waals surface area contributed by atoms with Gasteiger partial charge in [0, 0.05) is 12.5 Å². The molecule has 1 aromatic carbocycles. The summed E-state index contributed by atoms with van der Waals surface area (Å²) in [6, 6.07) is 7.19. The Kier molecular flexibility index (Phi) is 2.56. The second kappa shape index (κ2) is 3.89. The van der Waals surface area contributed by atoms with Crippen LogP contribution in [0.1, 0.15) is 18.1 Å². The molecule has 0 aromatic heterocycles. The number of ether oxygens (including phenoxy) is 2. The molecule has 0 amide bonds. The van der Waals surface area contributed by atoms with Gasteiger partial charge in [0.1, 0.15) is 12.5 Å². The normalized spacial score (nSPS) is 16.6. The van der Waals surface area contributed by atoms with Crippen LogP contribution < -0.4 is 0 Å². The van der Waals surface area contributed by atoms with Crippen molar-refractivity contribution in [3.05, 3.63) is 47.9 Å². The van der Waals surface area contributed by atoms with E-state index in [0.29, 0.717) is 0 Å². The van der Waals surface area contributed by atoms with Crippen molar-refractivity contribution in [2.75, 3.05) is 0 Å². The van der Waals surface area contributed by atoms with Crippen LogP contribution >= 0.6 is 0 Å². The molecule has 1 heterocycles. The van der Waals surface area contributed by atoms with Crippen LogP contribution in [0.25, 0.3) is 0 Å². The fourth-order valence-electron chi connectivity index (χ4n) is 1.62. The smallest absolute Gasteiger partial charge is 0.307 e. The third kappa shape index (κ3) is 2.00. The number of aliphatic carboxylic acids is 1. The topological polar surface area (TPSA) is 55.8 Å². The molecule has 0 saturated carbocycles. The summed E-state index contributed by atoms with van der Waals surface area (Å²) in [6.45, 7) is 1.78. The zero-order chi connectivity index (χ0) is 11.6. The van der Waals surface area contributed by atoms with Crippen molar-refractivity contribution in [3.63, 3.8) is 0 Å². The highest BCUT2D eigenvalue weighted by atomic mass is 16.7. The van der Waals surface area contributed by atoms with E-state index in [0.717, 1.165) is 11.1 Å². The molecule has 1 N–H and O–H groups in total. The lowest BCUT2D eigenvalue weighted by molar-refractivity contribution is -0.136. The summed E-state index contributed by atoms with van der Waals surface area (Å²) in [6.07, 6.45) is 2.95. The van der Waals surface area contributed by atoms with E-state index in [2.05, 4.69) is 0 Å². The highest BCUT2D eigenvalue weighted by Crippen LogP contribution is 2.31. The molecule has 0 spiro atoms. The van der Waals surface area contributed by atoms with Crippen molar-refractivity contribution in [2.45, 2.75) is 19.1 Å². The van der Waals surface area contributed by atoms with Crippen LogP contribution in [0.4, 0.5) is 0 Å². The van der Waals surface area contributed by atoms with Gasteiger partial charge in [-0.1, -0.05) is 18.2 Å². The van der Waals surface area contributed by atoms with Crippen molar-refractivity contribution in [3.8, 4) is 0 Å². The van der Waals surface area contributed by atoms with Crippen molar-refractivity contribution in [1.82, 2.24) is 0 Å². The number of hydrogen-bond donors (Lipinski definition) is 1. The molecule has 1 aliphatic heterocycles. The minimum absolute atomic E-state index is 0.00263. The first-order valence-corrected chi connectivity index (χ1v) is 4.92. The van der Waals surface area contributed by atoms with Gasteiger partial charge in [-0.3, -0.25) is 4.79 Å². The lowest BCUT2D eigenvalue weighted by atomic mass is 10.0. The maximum Gasteiger partial charge on any atom is 0.307 e. The van der Waals surface area contributed by atoms with Crippen LogP contribution in [0.5, 0.6) is 0 Å². The minimum Gasteiger partial charge on any atom is -0.481 e. The van der Waals surface area contributed by atoms with Gasteiger partial charge in [-0.25, -0.2) is 0 Å². The fourth-order valence-corrected chi connectivity index (χ4v) is 1.62. The van der Waals surface area contributed by atoms with E-state index in [-0.39, 0.29) is 6.42 Å². The maximum absolute atomic E-state index is 10.6. The maximum atomic E-state index is 10.6. The molecule has 1 aliphatic rings. The van der Waals surface area contributed by atoms with Crippen LogP contribution in [0.15, 0.2) is 36.8 Å². The Labute approximate surface area is 93.1 Å². The van der Waals surface area contributed by atoms with Crippen molar-refractivity contribution in [1.29, 1.82) is 0 Å². The van der Waals surface area contributed by atoms with Gasteiger partial charge >= 0.3 is 5.97 Å². The number of rotatable bonds is 3. The Hall–Kier alpha value is -1.97. The Morgan fingerprint density at radius 2 is 2.06 bits per heavy atom. The first-order chi connectivity index (χ1) is 7.60. The van der Waals surface area contributed by atoms with Gasteiger partial charge in [0.05, 0.1) is 6.42 Å². The second-order valence-corrected chi connectivity index (χ2v) is 3.72. The van der Waals surface area contributed by atoms with Gasteiger partial charge in [-0.2, -0.15) is 0 Å². The van der Waals surface area contributed by atoms with Crippen LogP contribution in [0.2, 0.25) is 0 Å². The summed E-state index contributed by atoms with van der Waals surface area (Å²) in [5.41, 5.74) is 1.53. The Bertz CT molecular complexity index is 428. The highest BCUT2D eigenvalue weighted by Gasteiger charge is 2.31. The molecule has 0 saturated heterocycles. The number of carboxylic acids is 1. The molecule has 0 aliphatic carbocycles. The molecule has 4 nitrogen and oxygen atoms in total. The number of carboxylic acid groups (broad SMARTS) is 1. The van der Waals surface area contributed by atoms with E-state index in [1.807, 2.05) is 6.07 Å². The van der Waals surface area contributed by atoms with Crippen LogP contribution in [-0.2, 0) is 26.5 Å². The van der Waals surface area contributed by atoms with Gasteiger partial charge in [0.2, 0.25) is 0 Å². The minimum atomic E-state index is -0.853. The van der Waals surface area contributed by atoms with Gasteiger partial charge < -0.3 is 14.6 Å². The predicted molar refractivity (Wildman–Crippen MR) is 56.4 cm³/mol. The van der Waals surface area contributed by atoms with Crippen LogP contribution in [0.3, 0.4) is 0 Å². The molecular weight excluding hydrogens is 208 g/mol. The van der Waals surface area contributed by atoms with Gasteiger partial charge in [0.25, 0.3) is 5.79 Å². The zero-order valence-electron chi connectivity index (χ0n) is 8.84. The molecular formula is C12H12O4. The summed E-state index contributed by atoms with van der Waals surface area (Å²) < 4.78 is 10.7. The summed E-state index contributed by atoms with van der Waals surface area (Å²) in [5, 5.41) is 8.71. The molecule has 0 unspecified atom stereocenters. The molecule has 4 heteroatoms. The average molecular weight is 220 g/mol. The Morgan fingerprint density at radius 3 is 2.69 bits per heavy atom. The van der Waals surface area contributed by atoms with Crippen molar-refractivity contribution in [2.24, 2.45) is 0 Å². The van der Waals surface area contributed by atoms with Gasteiger partial charge in [0.15, 0.2) is 0 Å². The molecule has 16 heavy (non-hydrogen) atoms. The molecule has 2 rings (SSSR count). The SMILES string of the molecule is CC1(c2cccc(CC(=O)O)c2)OC=CO1. The quantitative estimate of drug-likeness (QED) is 0.846. The third-order valence-corrected chi connectivity index (χ3v) is 2.45. The molecule has 0 radical (unpaired) electrons. The van der Waals surface area contributed by atoms with E-state index in [1.165, 1.54) is 12.5 Å². The zero-order valence-corrected chi connectivity index (χ0v) is 8.84. The first kappa shape index (κ1) is 10.5. The lowest BCUT2D eigenvalue weighted by Gasteiger charge is -2.23.